The Morgan fingerprint density at radius 2 is 1.89 bits per heavy atom. The molecule has 0 N–H and O–H groups in total. The molecule has 0 aliphatic carbocycles. The van der Waals surface area contributed by atoms with Crippen LogP contribution >= 0.6 is 0 Å². The third-order valence-corrected chi connectivity index (χ3v) is 4.37. The van der Waals surface area contributed by atoms with Gasteiger partial charge in [0.15, 0.2) is 0 Å². The molecule has 0 atom stereocenters. The van der Waals surface area contributed by atoms with Crippen molar-refractivity contribution in [1.29, 1.82) is 0 Å². The van der Waals surface area contributed by atoms with Crippen LogP contribution in [0, 0.1) is 0 Å². The van der Waals surface area contributed by atoms with Gasteiger partial charge in [-0.25, -0.2) is 4.79 Å². The molecule has 1 aromatic carbocycles. The molecule has 1 amide bonds. The van der Waals surface area contributed by atoms with E-state index in [-0.39, 0.29) is 17.1 Å². The van der Waals surface area contributed by atoms with Crippen molar-refractivity contribution in [3.8, 4) is 11.5 Å². The average molecular weight is 375 g/mol. The third kappa shape index (κ3) is 4.31. The topological polar surface area (TPSA) is 74.3 Å². The van der Waals surface area contributed by atoms with E-state index in [1.807, 2.05) is 0 Å². The molecule has 1 aliphatic rings. The Labute approximate surface area is 159 Å². The summed E-state index contributed by atoms with van der Waals surface area (Å²) in [5.74, 6) is 0.373. The summed E-state index contributed by atoms with van der Waals surface area (Å²) in [6, 6.07) is 5.25. The van der Waals surface area contributed by atoms with Crippen molar-refractivity contribution in [1.82, 2.24) is 4.90 Å². The molecule has 0 saturated carbocycles. The molecule has 0 aromatic heterocycles. The van der Waals surface area contributed by atoms with Crippen LogP contribution in [-0.2, 0) is 19.1 Å². The number of hydrogen-bond donors (Lipinski definition) is 0. The van der Waals surface area contributed by atoms with Gasteiger partial charge in [0.2, 0.25) is 0 Å². The summed E-state index contributed by atoms with van der Waals surface area (Å²) in [6.07, 6.45) is 2.29. The fourth-order valence-electron chi connectivity index (χ4n) is 2.97. The standard InChI is InChI=1S/C20H25NO6/c1-13-18(20(23)27-5)16(19(22)21(13)9-6-10-24-2)12-14-11-15(25-3)7-8-17(14)26-4/h7-8,11-12H,6,9-10H2,1-5H3/b16-12-. The zero-order valence-corrected chi connectivity index (χ0v) is 16.3. The molecule has 0 radical (unpaired) electrons. The molecule has 1 aliphatic heterocycles. The van der Waals surface area contributed by atoms with E-state index in [4.69, 9.17) is 18.9 Å². The number of hydrogen-bond acceptors (Lipinski definition) is 6. The molecule has 27 heavy (non-hydrogen) atoms. The highest BCUT2D eigenvalue weighted by molar-refractivity contribution is 6.16. The number of benzene rings is 1. The van der Waals surface area contributed by atoms with Crippen LogP contribution in [0.1, 0.15) is 18.9 Å². The van der Waals surface area contributed by atoms with E-state index in [1.54, 1.807) is 57.4 Å². The minimum atomic E-state index is -0.553. The maximum absolute atomic E-state index is 13.0. The second kappa shape index (κ2) is 9.23. The third-order valence-electron chi connectivity index (χ3n) is 4.37. The van der Waals surface area contributed by atoms with Crippen molar-refractivity contribution in [2.75, 3.05) is 41.6 Å². The molecule has 7 heteroatoms. The van der Waals surface area contributed by atoms with E-state index in [0.717, 1.165) is 0 Å². The van der Waals surface area contributed by atoms with E-state index >= 15 is 0 Å². The van der Waals surface area contributed by atoms with Gasteiger partial charge in [0.05, 0.1) is 32.5 Å². The van der Waals surface area contributed by atoms with E-state index < -0.39 is 5.97 Å². The van der Waals surface area contributed by atoms with Gasteiger partial charge >= 0.3 is 5.97 Å². The molecule has 0 bridgehead atoms. The number of carbonyl (C=O) groups excluding carboxylic acids is 2. The molecule has 7 nitrogen and oxygen atoms in total. The maximum atomic E-state index is 13.0. The summed E-state index contributed by atoms with van der Waals surface area (Å²) in [6.45, 7) is 2.71. The molecule has 1 heterocycles. The van der Waals surface area contributed by atoms with Gasteiger partial charge in [-0.1, -0.05) is 0 Å². The number of esters is 1. The number of carbonyl (C=O) groups is 2. The predicted molar refractivity (Wildman–Crippen MR) is 100 cm³/mol. The van der Waals surface area contributed by atoms with E-state index in [0.29, 0.717) is 42.3 Å². The van der Waals surface area contributed by atoms with Crippen molar-refractivity contribution in [2.45, 2.75) is 13.3 Å². The van der Waals surface area contributed by atoms with Crippen LogP contribution < -0.4 is 9.47 Å². The lowest BCUT2D eigenvalue weighted by Crippen LogP contribution is -2.26. The number of allylic oxidation sites excluding steroid dienone is 1. The molecule has 0 unspecified atom stereocenters. The number of amides is 1. The minimum Gasteiger partial charge on any atom is -0.497 e. The minimum absolute atomic E-state index is 0.254. The Balaban J connectivity index is 2.51. The van der Waals surface area contributed by atoms with Crippen LogP contribution in [0.4, 0.5) is 0 Å². The summed E-state index contributed by atoms with van der Waals surface area (Å²) in [5.41, 5.74) is 1.72. The zero-order valence-electron chi connectivity index (χ0n) is 16.3. The second-order valence-electron chi connectivity index (χ2n) is 5.92. The van der Waals surface area contributed by atoms with Crippen molar-refractivity contribution in [2.24, 2.45) is 0 Å². The second-order valence-corrected chi connectivity index (χ2v) is 5.92. The first-order chi connectivity index (χ1) is 13.0. The van der Waals surface area contributed by atoms with Gasteiger partial charge in [-0.3, -0.25) is 4.79 Å². The monoisotopic (exact) mass is 375 g/mol. The first-order valence-corrected chi connectivity index (χ1v) is 8.52. The van der Waals surface area contributed by atoms with Crippen LogP contribution in [0.15, 0.2) is 35.0 Å². The smallest absolute Gasteiger partial charge is 0.340 e. The summed E-state index contributed by atoms with van der Waals surface area (Å²) < 4.78 is 20.6. The zero-order chi connectivity index (χ0) is 20.0. The number of ether oxygens (including phenoxy) is 4. The Kier molecular flexibility index (Phi) is 7.01. The van der Waals surface area contributed by atoms with Crippen LogP contribution in [0.2, 0.25) is 0 Å². The van der Waals surface area contributed by atoms with Crippen molar-refractivity contribution in [3.63, 3.8) is 0 Å². The maximum Gasteiger partial charge on any atom is 0.340 e. The summed E-state index contributed by atoms with van der Waals surface area (Å²) in [5, 5.41) is 0. The molecule has 0 saturated heterocycles. The van der Waals surface area contributed by atoms with Crippen LogP contribution in [0.25, 0.3) is 6.08 Å². The quantitative estimate of drug-likeness (QED) is 0.395. The lowest BCUT2D eigenvalue weighted by Gasteiger charge is -2.17. The Morgan fingerprint density at radius 1 is 1.15 bits per heavy atom. The Bertz CT molecular complexity index is 781. The first kappa shape index (κ1) is 20.5. The number of rotatable bonds is 8. The number of methoxy groups -OCH3 is 4. The SMILES string of the molecule is COCCCN1C(=O)/C(=C\c2cc(OC)ccc2OC)C(C(=O)OC)=C1C. The van der Waals surface area contributed by atoms with Gasteiger partial charge < -0.3 is 23.8 Å². The normalized spacial score (nSPS) is 15.5. The van der Waals surface area contributed by atoms with Gasteiger partial charge in [-0.15, -0.1) is 0 Å². The first-order valence-electron chi connectivity index (χ1n) is 8.52. The van der Waals surface area contributed by atoms with Gasteiger partial charge in [0.25, 0.3) is 5.91 Å². The molecule has 2 rings (SSSR count). The highest BCUT2D eigenvalue weighted by Gasteiger charge is 2.36. The van der Waals surface area contributed by atoms with Gasteiger partial charge in [0.1, 0.15) is 11.5 Å². The van der Waals surface area contributed by atoms with Gasteiger partial charge in [-0.2, -0.15) is 0 Å². The highest BCUT2D eigenvalue weighted by Crippen LogP contribution is 2.34. The largest absolute Gasteiger partial charge is 0.497 e. The van der Waals surface area contributed by atoms with Crippen LogP contribution in [0.5, 0.6) is 11.5 Å². The lowest BCUT2D eigenvalue weighted by atomic mass is 10.0. The van der Waals surface area contributed by atoms with Gasteiger partial charge in [-0.05, 0) is 37.6 Å². The molecule has 0 spiro atoms. The van der Waals surface area contributed by atoms with E-state index in [2.05, 4.69) is 0 Å². The summed E-state index contributed by atoms with van der Waals surface area (Å²) >= 11 is 0. The average Bonchev–Trinajstić information content (AvgIpc) is 2.91. The van der Waals surface area contributed by atoms with E-state index in [9.17, 15) is 9.59 Å². The van der Waals surface area contributed by atoms with Crippen molar-refractivity contribution in [3.05, 3.63) is 40.6 Å². The molecule has 146 valence electrons. The summed E-state index contributed by atoms with van der Waals surface area (Å²) in [4.78, 5) is 26.9. The van der Waals surface area contributed by atoms with Crippen LogP contribution in [-0.4, -0.2) is 58.4 Å². The fraction of sp³-hybridized carbons (Fsp3) is 0.400. The predicted octanol–water partition coefficient (Wildman–Crippen LogP) is 2.41. The Hall–Kier alpha value is -2.80. The number of nitrogens with zero attached hydrogens (tertiary/aromatic N) is 1. The molecule has 0 fully saturated rings. The van der Waals surface area contributed by atoms with Crippen molar-refractivity contribution >= 4 is 18.0 Å². The summed E-state index contributed by atoms with van der Waals surface area (Å²) in [7, 11) is 6.00. The Morgan fingerprint density at radius 3 is 2.48 bits per heavy atom. The molecule has 1 aromatic rings. The lowest BCUT2D eigenvalue weighted by molar-refractivity contribution is -0.136. The van der Waals surface area contributed by atoms with E-state index in [1.165, 1.54) is 7.11 Å². The highest BCUT2D eigenvalue weighted by atomic mass is 16.5. The van der Waals surface area contributed by atoms with Crippen molar-refractivity contribution < 1.29 is 28.5 Å². The molecular weight excluding hydrogens is 350 g/mol. The van der Waals surface area contributed by atoms with Crippen LogP contribution in [0.3, 0.4) is 0 Å². The van der Waals surface area contributed by atoms with Gasteiger partial charge in [0, 0.05) is 31.5 Å². The molecular formula is C20H25NO6. The fourth-order valence-corrected chi connectivity index (χ4v) is 2.97.